The zero-order valence-electron chi connectivity index (χ0n) is 13.4. The number of sulfonamides is 1. The Balaban J connectivity index is 2.24. The fourth-order valence-corrected chi connectivity index (χ4v) is 3.58. The largest absolute Gasteiger partial charge is 0.496 e. The topological polar surface area (TPSA) is 92.7 Å². The Morgan fingerprint density at radius 3 is 2.42 bits per heavy atom. The predicted octanol–water partition coefficient (Wildman–Crippen LogP) is 1.98. The first-order chi connectivity index (χ1) is 11.3. The molecule has 0 aliphatic rings. The van der Waals surface area contributed by atoms with Gasteiger partial charge in [0.25, 0.3) is 0 Å². The van der Waals surface area contributed by atoms with Crippen molar-refractivity contribution in [2.75, 3.05) is 7.11 Å². The number of hydrogen-bond acceptors (Lipinski definition) is 4. The highest BCUT2D eigenvalue weighted by molar-refractivity contribution is 7.89. The minimum absolute atomic E-state index is 0.000103. The Hall–Kier alpha value is -2.38. The van der Waals surface area contributed by atoms with Gasteiger partial charge in [0, 0.05) is 0 Å². The van der Waals surface area contributed by atoms with Crippen molar-refractivity contribution in [2.24, 2.45) is 0 Å². The van der Waals surface area contributed by atoms with E-state index in [0.29, 0.717) is 11.3 Å². The van der Waals surface area contributed by atoms with E-state index in [1.165, 1.54) is 25.3 Å². The van der Waals surface area contributed by atoms with E-state index in [0.717, 1.165) is 5.56 Å². The lowest BCUT2D eigenvalue weighted by Crippen LogP contribution is -2.42. The Morgan fingerprint density at radius 1 is 1.21 bits per heavy atom. The van der Waals surface area contributed by atoms with Crippen LogP contribution in [0.1, 0.15) is 11.1 Å². The van der Waals surface area contributed by atoms with Gasteiger partial charge in [-0.25, -0.2) is 8.42 Å². The lowest BCUT2D eigenvalue weighted by molar-refractivity contribution is -0.138. The van der Waals surface area contributed by atoms with Crippen LogP contribution in [-0.4, -0.2) is 32.6 Å². The molecule has 0 aliphatic heterocycles. The summed E-state index contributed by atoms with van der Waals surface area (Å²) in [6, 6.07) is 12.0. The van der Waals surface area contributed by atoms with Gasteiger partial charge in [0.05, 0.1) is 12.0 Å². The maximum atomic E-state index is 12.5. The zero-order valence-corrected chi connectivity index (χ0v) is 14.2. The van der Waals surface area contributed by atoms with Gasteiger partial charge >= 0.3 is 5.97 Å². The normalized spacial score (nSPS) is 12.6. The molecule has 0 fully saturated rings. The fourth-order valence-electron chi connectivity index (χ4n) is 2.30. The average Bonchev–Trinajstić information content (AvgIpc) is 2.55. The van der Waals surface area contributed by atoms with E-state index < -0.39 is 22.0 Å². The molecular formula is C17H19NO5S. The van der Waals surface area contributed by atoms with Crippen molar-refractivity contribution in [1.29, 1.82) is 0 Å². The number of carboxylic acids is 1. The summed E-state index contributed by atoms with van der Waals surface area (Å²) < 4.78 is 32.3. The number of nitrogens with one attached hydrogen (secondary N) is 1. The maximum Gasteiger partial charge on any atom is 0.322 e. The van der Waals surface area contributed by atoms with E-state index in [9.17, 15) is 18.3 Å². The number of aliphatic carboxylic acids is 1. The van der Waals surface area contributed by atoms with Gasteiger partial charge in [-0.15, -0.1) is 0 Å². The van der Waals surface area contributed by atoms with E-state index in [4.69, 9.17) is 4.74 Å². The number of carboxylic acid groups (broad SMARTS) is 1. The molecule has 0 saturated heterocycles. The quantitative estimate of drug-likeness (QED) is 0.797. The van der Waals surface area contributed by atoms with Crippen molar-refractivity contribution in [3.63, 3.8) is 0 Å². The van der Waals surface area contributed by atoms with Crippen molar-refractivity contribution in [1.82, 2.24) is 4.72 Å². The van der Waals surface area contributed by atoms with Gasteiger partial charge in [-0.3, -0.25) is 4.79 Å². The lowest BCUT2D eigenvalue weighted by atomic mass is 10.1. The van der Waals surface area contributed by atoms with E-state index in [1.807, 2.05) is 6.07 Å². The molecule has 0 amide bonds. The minimum atomic E-state index is -3.96. The van der Waals surface area contributed by atoms with Crippen LogP contribution in [0.5, 0.6) is 5.75 Å². The highest BCUT2D eigenvalue weighted by Gasteiger charge is 2.26. The smallest absolute Gasteiger partial charge is 0.322 e. The highest BCUT2D eigenvalue weighted by Crippen LogP contribution is 2.21. The van der Waals surface area contributed by atoms with Gasteiger partial charge in [-0.2, -0.15) is 4.72 Å². The third-order valence-corrected chi connectivity index (χ3v) is 5.02. The summed E-state index contributed by atoms with van der Waals surface area (Å²) in [4.78, 5) is 11.4. The van der Waals surface area contributed by atoms with Crippen molar-refractivity contribution in [3.8, 4) is 5.75 Å². The number of ether oxygens (including phenoxy) is 1. The molecule has 2 rings (SSSR count). The van der Waals surface area contributed by atoms with Gasteiger partial charge in [-0.1, -0.05) is 30.3 Å². The number of hydrogen-bond donors (Lipinski definition) is 2. The molecule has 7 heteroatoms. The summed E-state index contributed by atoms with van der Waals surface area (Å²) in [5, 5.41) is 9.33. The van der Waals surface area contributed by atoms with Crippen LogP contribution in [0.15, 0.2) is 53.4 Å². The fraction of sp³-hybridized carbons (Fsp3) is 0.235. The first-order valence-electron chi connectivity index (χ1n) is 7.27. The molecular weight excluding hydrogens is 330 g/mol. The van der Waals surface area contributed by atoms with E-state index in [1.54, 1.807) is 31.2 Å². The molecule has 0 unspecified atom stereocenters. The number of carbonyl (C=O) groups is 1. The summed E-state index contributed by atoms with van der Waals surface area (Å²) in [5.74, 6) is -0.666. The van der Waals surface area contributed by atoms with Gasteiger partial charge < -0.3 is 9.84 Å². The average molecular weight is 349 g/mol. The first kappa shape index (κ1) is 18.0. The molecule has 1 atom stereocenters. The first-order valence-corrected chi connectivity index (χ1v) is 8.75. The molecule has 0 aromatic heterocycles. The maximum absolute atomic E-state index is 12.5. The van der Waals surface area contributed by atoms with Crippen molar-refractivity contribution in [3.05, 3.63) is 59.7 Å². The van der Waals surface area contributed by atoms with Crippen LogP contribution in [0.25, 0.3) is 0 Å². The van der Waals surface area contributed by atoms with E-state index in [2.05, 4.69) is 4.72 Å². The molecule has 24 heavy (non-hydrogen) atoms. The molecule has 0 aliphatic carbocycles. The Morgan fingerprint density at radius 2 is 1.88 bits per heavy atom. The second-order valence-corrected chi connectivity index (χ2v) is 7.05. The van der Waals surface area contributed by atoms with Gasteiger partial charge in [0.1, 0.15) is 11.8 Å². The monoisotopic (exact) mass is 349 g/mol. The molecule has 2 aromatic rings. The molecule has 0 heterocycles. The van der Waals surface area contributed by atoms with Gasteiger partial charge in [-0.05, 0) is 42.7 Å². The molecule has 0 bridgehead atoms. The second-order valence-electron chi connectivity index (χ2n) is 5.33. The summed E-state index contributed by atoms with van der Waals surface area (Å²) in [5.41, 5.74) is 1.38. The second kappa shape index (κ2) is 7.46. The molecule has 128 valence electrons. The highest BCUT2D eigenvalue weighted by atomic mass is 32.2. The number of aryl methyl sites for hydroxylation is 1. The van der Waals surface area contributed by atoms with Crippen LogP contribution in [-0.2, 0) is 21.2 Å². The summed E-state index contributed by atoms with van der Waals surface area (Å²) in [7, 11) is -2.46. The Labute approximate surface area is 141 Å². The Kier molecular flexibility index (Phi) is 5.58. The minimum Gasteiger partial charge on any atom is -0.496 e. The van der Waals surface area contributed by atoms with Gasteiger partial charge in [0.2, 0.25) is 10.0 Å². The van der Waals surface area contributed by atoms with Crippen LogP contribution >= 0.6 is 0 Å². The third-order valence-electron chi connectivity index (χ3n) is 3.55. The van der Waals surface area contributed by atoms with E-state index in [-0.39, 0.29) is 11.3 Å². The van der Waals surface area contributed by atoms with Crippen LogP contribution in [0, 0.1) is 6.92 Å². The third kappa shape index (κ3) is 4.33. The Bertz CT molecular complexity index is 818. The molecule has 2 N–H and O–H groups in total. The summed E-state index contributed by atoms with van der Waals surface area (Å²) in [6.07, 6.45) is 0.0601. The summed E-state index contributed by atoms with van der Waals surface area (Å²) in [6.45, 7) is 1.72. The zero-order chi connectivity index (χ0) is 17.7. The SMILES string of the molecule is COc1ccc(S(=O)(=O)N[C@@H](Cc2ccccc2)C(=O)O)cc1C. The van der Waals surface area contributed by atoms with Crippen LogP contribution in [0.3, 0.4) is 0 Å². The van der Waals surface area contributed by atoms with Crippen molar-refractivity contribution >= 4 is 16.0 Å². The van der Waals surface area contributed by atoms with Crippen LogP contribution in [0.2, 0.25) is 0 Å². The van der Waals surface area contributed by atoms with Gasteiger partial charge in [0.15, 0.2) is 0 Å². The van der Waals surface area contributed by atoms with E-state index >= 15 is 0 Å². The molecule has 0 saturated carbocycles. The molecule has 6 nitrogen and oxygen atoms in total. The van der Waals surface area contributed by atoms with Crippen molar-refractivity contribution < 1.29 is 23.1 Å². The lowest BCUT2D eigenvalue weighted by Gasteiger charge is -2.15. The number of benzene rings is 2. The molecule has 0 radical (unpaired) electrons. The predicted molar refractivity (Wildman–Crippen MR) is 89.6 cm³/mol. The summed E-state index contributed by atoms with van der Waals surface area (Å²) >= 11 is 0. The number of rotatable bonds is 7. The standard InChI is InChI=1S/C17H19NO5S/c1-12-10-14(8-9-16(12)23-2)24(21,22)18-15(17(19)20)11-13-6-4-3-5-7-13/h3-10,15,18H,11H2,1-2H3,(H,19,20)/t15-/m0/s1. The number of methoxy groups -OCH3 is 1. The molecule has 2 aromatic carbocycles. The van der Waals surface area contributed by atoms with Crippen LogP contribution < -0.4 is 9.46 Å². The van der Waals surface area contributed by atoms with Crippen LogP contribution in [0.4, 0.5) is 0 Å². The van der Waals surface area contributed by atoms with Crippen molar-refractivity contribution in [2.45, 2.75) is 24.3 Å². The molecule has 0 spiro atoms.